The zero-order valence-corrected chi connectivity index (χ0v) is 19.7. The SMILES string of the molecule is CN=C(NCCc1c[nH]c2ccc(F)cc12)NCC(C)Oc1ccccc1OC.I. The first kappa shape index (κ1) is 23.8. The molecular weight excluding hydrogens is 498 g/mol. The van der Waals surface area contributed by atoms with E-state index in [0.29, 0.717) is 30.5 Å². The summed E-state index contributed by atoms with van der Waals surface area (Å²) < 4.78 is 24.8. The number of halogens is 2. The third kappa shape index (κ3) is 6.25. The molecule has 3 N–H and O–H groups in total. The molecule has 0 aliphatic rings. The van der Waals surface area contributed by atoms with Gasteiger partial charge in [-0.3, -0.25) is 4.99 Å². The summed E-state index contributed by atoms with van der Waals surface area (Å²) in [6, 6.07) is 12.3. The summed E-state index contributed by atoms with van der Waals surface area (Å²) in [7, 11) is 3.35. The van der Waals surface area contributed by atoms with Crippen molar-refractivity contribution in [2.45, 2.75) is 19.4 Å². The van der Waals surface area contributed by atoms with E-state index in [1.54, 1.807) is 26.3 Å². The summed E-state index contributed by atoms with van der Waals surface area (Å²) >= 11 is 0. The Morgan fingerprint density at radius 2 is 1.93 bits per heavy atom. The molecule has 0 spiro atoms. The highest BCUT2D eigenvalue weighted by atomic mass is 127. The average molecular weight is 526 g/mol. The van der Waals surface area contributed by atoms with Gasteiger partial charge in [-0.25, -0.2) is 4.39 Å². The molecule has 30 heavy (non-hydrogen) atoms. The Labute approximate surface area is 193 Å². The predicted octanol–water partition coefficient (Wildman–Crippen LogP) is 4.11. The van der Waals surface area contributed by atoms with E-state index < -0.39 is 0 Å². The summed E-state index contributed by atoms with van der Waals surface area (Å²) in [5.41, 5.74) is 2.00. The summed E-state index contributed by atoms with van der Waals surface area (Å²) in [6.07, 6.45) is 2.59. The number of nitrogens with one attached hydrogen (secondary N) is 3. The zero-order valence-electron chi connectivity index (χ0n) is 17.4. The van der Waals surface area contributed by atoms with Gasteiger partial charge in [0.2, 0.25) is 0 Å². The second-order valence-electron chi connectivity index (χ2n) is 6.71. The van der Waals surface area contributed by atoms with E-state index in [4.69, 9.17) is 9.47 Å². The molecular formula is C22H28FIN4O2. The molecule has 6 nitrogen and oxygen atoms in total. The molecule has 3 rings (SSSR count). The Hall–Kier alpha value is -2.49. The van der Waals surface area contributed by atoms with E-state index >= 15 is 0 Å². The maximum absolute atomic E-state index is 13.5. The van der Waals surface area contributed by atoms with Crippen LogP contribution >= 0.6 is 24.0 Å². The number of aromatic amines is 1. The van der Waals surface area contributed by atoms with Gasteiger partial charge >= 0.3 is 0 Å². The number of hydrogen-bond donors (Lipinski definition) is 3. The van der Waals surface area contributed by atoms with E-state index in [1.807, 2.05) is 37.4 Å². The molecule has 0 saturated carbocycles. The lowest BCUT2D eigenvalue weighted by molar-refractivity contribution is 0.213. The number of nitrogens with zero attached hydrogens (tertiary/aromatic N) is 1. The lowest BCUT2D eigenvalue weighted by Gasteiger charge is -2.19. The molecule has 0 amide bonds. The van der Waals surface area contributed by atoms with Crippen LogP contribution in [0.25, 0.3) is 10.9 Å². The van der Waals surface area contributed by atoms with Gasteiger partial charge in [-0.1, -0.05) is 12.1 Å². The third-order valence-electron chi connectivity index (χ3n) is 4.59. The van der Waals surface area contributed by atoms with Gasteiger partial charge in [-0.2, -0.15) is 0 Å². The summed E-state index contributed by atoms with van der Waals surface area (Å²) in [6.45, 7) is 3.23. The van der Waals surface area contributed by atoms with Crippen molar-refractivity contribution in [3.8, 4) is 11.5 Å². The second kappa shape index (κ2) is 11.6. The van der Waals surface area contributed by atoms with Gasteiger partial charge in [-0.15, -0.1) is 24.0 Å². The van der Waals surface area contributed by atoms with E-state index in [2.05, 4.69) is 20.6 Å². The number of H-pyrrole nitrogens is 1. The van der Waals surface area contributed by atoms with Crippen LogP contribution in [0.2, 0.25) is 0 Å². The number of benzene rings is 2. The Morgan fingerprint density at radius 1 is 1.17 bits per heavy atom. The van der Waals surface area contributed by atoms with E-state index in [0.717, 1.165) is 22.9 Å². The lowest BCUT2D eigenvalue weighted by Crippen LogP contribution is -2.42. The smallest absolute Gasteiger partial charge is 0.191 e. The number of aromatic nitrogens is 1. The monoisotopic (exact) mass is 526 g/mol. The van der Waals surface area contributed by atoms with Crippen LogP contribution in [0.1, 0.15) is 12.5 Å². The molecule has 0 radical (unpaired) electrons. The molecule has 0 bridgehead atoms. The number of aliphatic imine (C=N–C) groups is 1. The minimum absolute atomic E-state index is 0. The van der Waals surface area contributed by atoms with Crippen LogP contribution in [0.15, 0.2) is 53.7 Å². The Bertz CT molecular complexity index is 977. The fraction of sp³-hybridized carbons (Fsp3) is 0.318. The first-order valence-electron chi connectivity index (χ1n) is 9.60. The number of hydrogen-bond acceptors (Lipinski definition) is 3. The second-order valence-corrected chi connectivity index (χ2v) is 6.71. The standard InChI is InChI=1S/C22H27FN4O2.HI/c1-15(29-21-7-5-4-6-20(21)28-3)13-27-22(24-2)25-11-10-16-14-26-19-9-8-17(23)12-18(16)19;/h4-9,12,14-15,26H,10-11,13H2,1-3H3,(H2,24,25,27);1H. The highest BCUT2D eigenvalue weighted by Gasteiger charge is 2.10. The maximum atomic E-state index is 13.5. The minimum Gasteiger partial charge on any atom is -0.493 e. The fourth-order valence-corrected chi connectivity index (χ4v) is 3.11. The van der Waals surface area contributed by atoms with Crippen molar-refractivity contribution in [1.82, 2.24) is 15.6 Å². The van der Waals surface area contributed by atoms with E-state index in [-0.39, 0.29) is 35.9 Å². The number of rotatable bonds is 8. The third-order valence-corrected chi connectivity index (χ3v) is 4.59. The van der Waals surface area contributed by atoms with Crippen molar-refractivity contribution < 1.29 is 13.9 Å². The van der Waals surface area contributed by atoms with Gasteiger partial charge in [0.05, 0.1) is 13.7 Å². The van der Waals surface area contributed by atoms with Crippen molar-refractivity contribution in [3.05, 3.63) is 60.0 Å². The Kier molecular flexibility index (Phi) is 9.22. The van der Waals surface area contributed by atoms with Crippen LogP contribution in [0.5, 0.6) is 11.5 Å². The average Bonchev–Trinajstić information content (AvgIpc) is 3.13. The highest BCUT2D eigenvalue weighted by Crippen LogP contribution is 2.26. The molecule has 3 aromatic rings. The van der Waals surface area contributed by atoms with Gasteiger partial charge in [0, 0.05) is 30.7 Å². The molecule has 0 fully saturated rings. The molecule has 1 heterocycles. The van der Waals surface area contributed by atoms with Crippen molar-refractivity contribution in [1.29, 1.82) is 0 Å². The van der Waals surface area contributed by atoms with Crippen LogP contribution in [0.4, 0.5) is 4.39 Å². The number of para-hydroxylation sites is 2. The number of guanidine groups is 1. The quantitative estimate of drug-likeness (QED) is 0.235. The maximum Gasteiger partial charge on any atom is 0.191 e. The van der Waals surface area contributed by atoms with Crippen LogP contribution in [-0.2, 0) is 6.42 Å². The van der Waals surface area contributed by atoms with Crippen LogP contribution in [0.3, 0.4) is 0 Å². The van der Waals surface area contributed by atoms with Gasteiger partial charge in [0.1, 0.15) is 11.9 Å². The molecule has 162 valence electrons. The molecule has 0 aliphatic heterocycles. The van der Waals surface area contributed by atoms with Gasteiger partial charge < -0.3 is 25.1 Å². The van der Waals surface area contributed by atoms with Crippen LogP contribution in [0, 0.1) is 5.82 Å². The van der Waals surface area contributed by atoms with Crippen LogP contribution in [-0.4, -0.2) is 44.3 Å². The van der Waals surface area contributed by atoms with Gasteiger partial charge in [-0.05, 0) is 49.2 Å². The largest absolute Gasteiger partial charge is 0.493 e. The molecule has 1 unspecified atom stereocenters. The van der Waals surface area contributed by atoms with Crippen molar-refractivity contribution >= 4 is 40.8 Å². The minimum atomic E-state index is -0.229. The highest BCUT2D eigenvalue weighted by molar-refractivity contribution is 14.0. The van der Waals surface area contributed by atoms with E-state index in [9.17, 15) is 4.39 Å². The molecule has 1 atom stereocenters. The first-order valence-corrected chi connectivity index (χ1v) is 9.60. The lowest BCUT2D eigenvalue weighted by atomic mass is 10.1. The summed E-state index contributed by atoms with van der Waals surface area (Å²) in [5.74, 6) is 1.87. The van der Waals surface area contributed by atoms with Gasteiger partial charge in [0.25, 0.3) is 0 Å². The van der Waals surface area contributed by atoms with Gasteiger partial charge in [0.15, 0.2) is 17.5 Å². The molecule has 2 aromatic carbocycles. The van der Waals surface area contributed by atoms with E-state index in [1.165, 1.54) is 6.07 Å². The Morgan fingerprint density at radius 3 is 2.67 bits per heavy atom. The topological polar surface area (TPSA) is 70.7 Å². The van der Waals surface area contributed by atoms with Crippen molar-refractivity contribution in [3.63, 3.8) is 0 Å². The Balaban J connectivity index is 0.00000320. The van der Waals surface area contributed by atoms with Crippen LogP contribution < -0.4 is 20.1 Å². The predicted molar refractivity (Wildman–Crippen MR) is 130 cm³/mol. The molecule has 8 heteroatoms. The summed E-state index contributed by atoms with van der Waals surface area (Å²) in [4.78, 5) is 7.42. The molecule has 0 aliphatic carbocycles. The molecule has 1 aromatic heterocycles. The molecule has 0 saturated heterocycles. The number of ether oxygens (including phenoxy) is 2. The van der Waals surface area contributed by atoms with Crippen molar-refractivity contribution in [2.75, 3.05) is 27.2 Å². The number of methoxy groups -OCH3 is 1. The van der Waals surface area contributed by atoms with Crippen molar-refractivity contribution in [2.24, 2.45) is 4.99 Å². The first-order chi connectivity index (χ1) is 14.1. The fourth-order valence-electron chi connectivity index (χ4n) is 3.11. The summed E-state index contributed by atoms with van der Waals surface area (Å²) in [5, 5.41) is 7.45. The number of fused-ring (bicyclic) bond motifs is 1. The normalized spacial score (nSPS) is 12.2. The zero-order chi connectivity index (χ0) is 20.6.